The summed E-state index contributed by atoms with van der Waals surface area (Å²) in [5, 5.41) is 7.36. The number of amides is 3. The number of halogens is 4. The number of ketones is 1. The van der Waals surface area contributed by atoms with Crippen LogP contribution in [0, 0.1) is 0 Å². The maximum Gasteiger partial charge on any atom is 0.407 e. The number of carbonyl (C=O) groups excluding carboxylic acids is 3. The minimum Gasteiger partial charge on any atom is -0.343 e. The largest absolute Gasteiger partial charge is 0.407 e. The molecule has 1 saturated heterocycles. The van der Waals surface area contributed by atoms with Crippen LogP contribution in [0.25, 0.3) is 11.1 Å². The van der Waals surface area contributed by atoms with Gasteiger partial charge in [-0.25, -0.2) is 17.6 Å². The Balaban J connectivity index is 1.47. The van der Waals surface area contributed by atoms with Crippen LogP contribution in [0.2, 0.25) is 0 Å². The Bertz CT molecular complexity index is 1680. The molecule has 9 nitrogen and oxygen atoms in total. The van der Waals surface area contributed by atoms with Gasteiger partial charge in [0.15, 0.2) is 15.6 Å². The number of alkyl halides is 4. The summed E-state index contributed by atoms with van der Waals surface area (Å²) in [6.45, 7) is 1.94. The zero-order chi connectivity index (χ0) is 34.6. The third kappa shape index (κ3) is 9.85. The average molecular weight is 677 g/mol. The van der Waals surface area contributed by atoms with E-state index in [2.05, 4.69) is 16.0 Å². The van der Waals surface area contributed by atoms with E-state index in [9.17, 15) is 40.4 Å². The van der Waals surface area contributed by atoms with Crippen LogP contribution in [0.5, 0.6) is 0 Å². The average Bonchev–Trinajstić information content (AvgIpc) is 3.36. The van der Waals surface area contributed by atoms with E-state index in [0.29, 0.717) is 11.1 Å². The van der Waals surface area contributed by atoms with Gasteiger partial charge in [0.25, 0.3) is 0 Å². The van der Waals surface area contributed by atoms with Gasteiger partial charge in [-0.3, -0.25) is 14.9 Å². The van der Waals surface area contributed by atoms with Gasteiger partial charge < -0.3 is 15.5 Å². The van der Waals surface area contributed by atoms with Crippen molar-refractivity contribution < 1.29 is 40.4 Å². The van der Waals surface area contributed by atoms with Gasteiger partial charge in [0.2, 0.25) is 5.91 Å². The fraction of sp³-hybridized carbons (Fsp3) is 0.364. The van der Waals surface area contributed by atoms with Crippen molar-refractivity contribution in [3.63, 3.8) is 0 Å². The van der Waals surface area contributed by atoms with Crippen molar-refractivity contribution in [2.24, 2.45) is 0 Å². The maximum absolute atomic E-state index is 14.8. The van der Waals surface area contributed by atoms with Crippen LogP contribution in [0.1, 0.15) is 37.4 Å². The van der Waals surface area contributed by atoms with Gasteiger partial charge in [-0.05, 0) is 48.2 Å². The van der Waals surface area contributed by atoms with Crippen LogP contribution in [-0.4, -0.2) is 74.3 Å². The molecule has 1 fully saturated rings. The number of nitrogens with one attached hydrogen (secondary N) is 3. The van der Waals surface area contributed by atoms with Crippen LogP contribution < -0.4 is 16.0 Å². The number of carbonyl (C=O) groups is 3. The molecule has 0 bridgehead atoms. The number of benzene rings is 3. The number of hydrogen-bond donors (Lipinski definition) is 3. The monoisotopic (exact) mass is 676 g/mol. The first-order valence-corrected chi connectivity index (χ1v) is 16.6. The number of likely N-dealkylation sites (tertiary alicyclic amines) is 1. The molecule has 1 heterocycles. The molecular weight excluding hydrogens is 640 g/mol. The normalized spacial score (nSPS) is 16.9. The van der Waals surface area contributed by atoms with Crippen LogP contribution in [0.3, 0.4) is 0 Å². The van der Waals surface area contributed by atoms with Crippen LogP contribution in [0.15, 0.2) is 83.8 Å². The minimum absolute atomic E-state index is 0.0950. The molecule has 1 unspecified atom stereocenters. The predicted molar refractivity (Wildman–Crippen MR) is 168 cm³/mol. The van der Waals surface area contributed by atoms with Crippen molar-refractivity contribution in [2.45, 2.75) is 61.7 Å². The van der Waals surface area contributed by atoms with E-state index < -0.39 is 64.0 Å². The molecule has 3 aromatic rings. The van der Waals surface area contributed by atoms with Gasteiger partial charge in [0.05, 0.1) is 24.0 Å². The van der Waals surface area contributed by atoms with Crippen LogP contribution in [-0.2, 0) is 26.0 Å². The molecule has 0 aromatic heterocycles. The number of nitrogens with zero attached hydrogens (tertiary/aromatic N) is 1. The third-order valence-corrected chi connectivity index (χ3v) is 8.72. The van der Waals surface area contributed by atoms with Gasteiger partial charge >= 0.3 is 12.2 Å². The summed E-state index contributed by atoms with van der Waals surface area (Å²) < 4.78 is 81.5. The van der Waals surface area contributed by atoms with E-state index in [-0.39, 0.29) is 30.1 Å². The first-order chi connectivity index (χ1) is 21.9. The van der Waals surface area contributed by atoms with E-state index in [4.69, 9.17) is 0 Å². The standard InChI is InChI=1S/C33H36F4N4O5S/c1-32(2,34)17-26(30(43)40-27-19-41(20-28(27)42)31(44)38-18-21-7-5-4-6-8-21)39-29(33(35,36)37)24-11-9-22(10-12-24)23-13-15-25(16-14-23)47(3,45)46/h4-16,26-27,29,39H,17-20H2,1-3H3,(H,38,44)(H,40,43)/t26-,27?,29-/m0/s1. The molecular formula is C33H36F4N4O5S. The van der Waals surface area contributed by atoms with Gasteiger partial charge in [-0.1, -0.05) is 66.7 Å². The minimum atomic E-state index is -4.89. The highest BCUT2D eigenvalue weighted by molar-refractivity contribution is 7.90. The van der Waals surface area contributed by atoms with Gasteiger partial charge in [0, 0.05) is 19.2 Å². The molecule has 0 radical (unpaired) electrons. The quantitative estimate of drug-likeness (QED) is 0.252. The summed E-state index contributed by atoms with van der Waals surface area (Å²) >= 11 is 0. The summed E-state index contributed by atoms with van der Waals surface area (Å²) in [5.41, 5.74) is -0.388. The van der Waals surface area contributed by atoms with E-state index in [1.165, 1.54) is 53.4 Å². The lowest BCUT2D eigenvalue weighted by atomic mass is 9.96. The lowest BCUT2D eigenvalue weighted by Crippen LogP contribution is -2.54. The van der Waals surface area contributed by atoms with Crippen LogP contribution >= 0.6 is 0 Å². The Morgan fingerprint density at radius 1 is 0.915 bits per heavy atom. The van der Waals surface area contributed by atoms with E-state index in [1.807, 2.05) is 18.2 Å². The summed E-state index contributed by atoms with van der Waals surface area (Å²) in [5.74, 6) is -1.53. The van der Waals surface area contributed by atoms with Crippen molar-refractivity contribution in [3.05, 3.63) is 90.0 Å². The summed E-state index contributed by atoms with van der Waals surface area (Å²) in [7, 11) is -3.43. The molecule has 3 N–H and O–H groups in total. The second kappa shape index (κ2) is 14.2. The fourth-order valence-corrected chi connectivity index (χ4v) is 5.81. The molecule has 252 valence electrons. The second-order valence-corrected chi connectivity index (χ2v) is 14.1. The van der Waals surface area contributed by atoms with E-state index >= 15 is 0 Å². The van der Waals surface area contributed by atoms with Gasteiger partial charge in [-0.15, -0.1) is 0 Å². The molecule has 3 amide bonds. The second-order valence-electron chi connectivity index (χ2n) is 12.1. The predicted octanol–water partition coefficient (Wildman–Crippen LogP) is 4.74. The molecule has 4 rings (SSSR count). The Hall–Kier alpha value is -4.30. The third-order valence-electron chi connectivity index (χ3n) is 7.59. The molecule has 14 heteroatoms. The van der Waals surface area contributed by atoms with Crippen LogP contribution in [0.4, 0.5) is 22.4 Å². The zero-order valence-electron chi connectivity index (χ0n) is 26.0. The highest BCUT2D eigenvalue weighted by Gasteiger charge is 2.44. The maximum atomic E-state index is 14.8. The Kier molecular flexibility index (Phi) is 10.8. The molecule has 47 heavy (non-hydrogen) atoms. The zero-order valence-corrected chi connectivity index (χ0v) is 26.8. The molecule has 3 aromatic carbocycles. The van der Waals surface area contributed by atoms with Gasteiger partial charge in [0.1, 0.15) is 17.8 Å². The first kappa shape index (κ1) is 35.6. The SMILES string of the molecule is CC(C)(F)C[C@H](N[C@@H](c1ccc(-c2ccc(S(C)(=O)=O)cc2)cc1)C(F)(F)F)C(=O)NC1CN(C(=O)NCc2ccccc2)CC1=O. The number of sulfone groups is 1. The molecule has 0 saturated carbocycles. The fourth-order valence-electron chi connectivity index (χ4n) is 5.18. The molecule has 0 spiro atoms. The Labute approximate surface area is 270 Å². The molecule has 0 aliphatic carbocycles. The Morgan fingerprint density at radius 2 is 1.49 bits per heavy atom. The topological polar surface area (TPSA) is 125 Å². The van der Waals surface area contributed by atoms with Crippen molar-refractivity contribution in [1.29, 1.82) is 0 Å². The number of rotatable bonds is 11. The van der Waals surface area contributed by atoms with Gasteiger partial charge in [-0.2, -0.15) is 13.2 Å². The van der Waals surface area contributed by atoms with Crippen molar-refractivity contribution >= 4 is 27.6 Å². The molecule has 1 aliphatic heterocycles. The van der Waals surface area contributed by atoms with Crippen molar-refractivity contribution in [1.82, 2.24) is 20.9 Å². The molecule has 3 atom stereocenters. The van der Waals surface area contributed by atoms with Crippen molar-refractivity contribution in [2.75, 3.05) is 19.3 Å². The summed E-state index contributed by atoms with van der Waals surface area (Å²) in [6.07, 6.45) is -4.47. The number of urea groups is 1. The van der Waals surface area contributed by atoms with E-state index in [0.717, 1.165) is 25.7 Å². The highest BCUT2D eigenvalue weighted by Crippen LogP contribution is 2.35. The highest BCUT2D eigenvalue weighted by atomic mass is 32.2. The van der Waals surface area contributed by atoms with Crippen molar-refractivity contribution in [3.8, 4) is 11.1 Å². The lowest BCUT2D eigenvalue weighted by Gasteiger charge is -2.30. The molecule has 1 aliphatic rings. The summed E-state index contributed by atoms with van der Waals surface area (Å²) in [4.78, 5) is 39.9. The van der Waals surface area contributed by atoms with E-state index in [1.54, 1.807) is 12.1 Å². The lowest BCUT2D eigenvalue weighted by molar-refractivity contribution is -0.161. The number of Topliss-reactive ketones (excluding diaryl/α,β-unsaturated/α-hetero) is 1. The first-order valence-electron chi connectivity index (χ1n) is 14.7. The number of hydrogen-bond acceptors (Lipinski definition) is 6. The smallest absolute Gasteiger partial charge is 0.343 e. The Morgan fingerprint density at radius 3 is 2.02 bits per heavy atom. The summed E-state index contributed by atoms with van der Waals surface area (Å²) in [6, 6.07) is 14.4.